The van der Waals surface area contributed by atoms with Crippen molar-refractivity contribution in [2.45, 2.75) is 6.18 Å². The van der Waals surface area contributed by atoms with Crippen molar-refractivity contribution in [2.75, 3.05) is 12.8 Å². The summed E-state index contributed by atoms with van der Waals surface area (Å²) in [6.45, 7) is 0. The Morgan fingerprint density at radius 2 is 2.06 bits per heavy atom. The van der Waals surface area contributed by atoms with Crippen LogP contribution in [0.3, 0.4) is 0 Å². The van der Waals surface area contributed by atoms with Crippen molar-refractivity contribution in [3.63, 3.8) is 0 Å². The van der Waals surface area contributed by atoms with Gasteiger partial charge in [-0.25, -0.2) is 4.79 Å². The van der Waals surface area contributed by atoms with Crippen LogP contribution in [0.15, 0.2) is 12.1 Å². The van der Waals surface area contributed by atoms with Crippen LogP contribution in [0.4, 0.5) is 18.9 Å². The number of carbonyl (C=O) groups excluding carboxylic acids is 1. The number of esters is 1. The minimum Gasteiger partial charge on any atom is -0.465 e. The lowest BCUT2D eigenvalue weighted by molar-refractivity contribution is -0.138. The second kappa shape index (κ2) is 4.33. The SMILES string of the molecule is COC(=O)c1cc(C#N)c(N)cc1C(F)(F)F. The fourth-order valence-electron chi connectivity index (χ4n) is 1.23. The molecule has 0 aliphatic carbocycles. The van der Waals surface area contributed by atoms with Crippen LogP contribution >= 0.6 is 0 Å². The number of anilines is 1. The molecule has 0 heterocycles. The Bertz CT molecular complexity index is 503. The van der Waals surface area contributed by atoms with Crippen LogP contribution < -0.4 is 5.73 Å². The number of benzene rings is 1. The van der Waals surface area contributed by atoms with Crippen molar-refractivity contribution in [3.05, 3.63) is 28.8 Å². The first kappa shape index (κ1) is 12.8. The maximum Gasteiger partial charge on any atom is 0.417 e. The Hall–Kier alpha value is -2.23. The predicted molar refractivity (Wildman–Crippen MR) is 51.9 cm³/mol. The third-order valence-electron chi connectivity index (χ3n) is 2.02. The minimum absolute atomic E-state index is 0.210. The van der Waals surface area contributed by atoms with Crippen LogP contribution in [0.5, 0.6) is 0 Å². The minimum atomic E-state index is -4.74. The average molecular weight is 244 g/mol. The van der Waals surface area contributed by atoms with Gasteiger partial charge in [0, 0.05) is 0 Å². The van der Waals surface area contributed by atoms with Gasteiger partial charge < -0.3 is 10.5 Å². The van der Waals surface area contributed by atoms with Gasteiger partial charge in [-0.2, -0.15) is 18.4 Å². The molecule has 90 valence electrons. The number of nitrogens with two attached hydrogens (primary N) is 1. The molecule has 7 heteroatoms. The Kier molecular flexibility index (Phi) is 3.27. The summed E-state index contributed by atoms with van der Waals surface area (Å²) in [5.74, 6) is -1.17. The molecular formula is C10H7F3N2O2. The van der Waals surface area contributed by atoms with Crippen molar-refractivity contribution in [3.8, 4) is 6.07 Å². The molecule has 1 aromatic rings. The van der Waals surface area contributed by atoms with Gasteiger partial charge in [0.25, 0.3) is 0 Å². The zero-order chi connectivity index (χ0) is 13.2. The molecule has 0 radical (unpaired) electrons. The predicted octanol–water partition coefficient (Wildman–Crippen LogP) is 1.95. The van der Waals surface area contributed by atoms with Crippen LogP contribution in [-0.4, -0.2) is 13.1 Å². The quantitative estimate of drug-likeness (QED) is 0.605. The van der Waals surface area contributed by atoms with Gasteiger partial charge in [-0.1, -0.05) is 0 Å². The van der Waals surface area contributed by atoms with E-state index in [1.807, 2.05) is 0 Å². The molecule has 0 unspecified atom stereocenters. The number of hydrogen-bond donors (Lipinski definition) is 1. The molecule has 0 amide bonds. The molecule has 0 aromatic heterocycles. The number of halogens is 3. The summed E-state index contributed by atoms with van der Waals surface area (Å²) < 4.78 is 42.1. The lowest BCUT2D eigenvalue weighted by atomic mass is 10.0. The van der Waals surface area contributed by atoms with Crippen LogP contribution in [0.25, 0.3) is 0 Å². The van der Waals surface area contributed by atoms with Crippen molar-refractivity contribution >= 4 is 11.7 Å². The second-order valence-corrected chi connectivity index (χ2v) is 3.09. The fraction of sp³-hybridized carbons (Fsp3) is 0.200. The summed E-state index contributed by atoms with van der Waals surface area (Å²) >= 11 is 0. The number of carbonyl (C=O) groups is 1. The van der Waals surface area contributed by atoms with E-state index in [1.54, 1.807) is 6.07 Å². The molecule has 17 heavy (non-hydrogen) atoms. The summed E-state index contributed by atoms with van der Waals surface area (Å²) in [6.07, 6.45) is -4.74. The van der Waals surface area contributed by atoms with Crippen LogP contribution in [-0.2, 0) is 10.9 Å². The zero-order valence-electron chi connectivity index (χ0n) is 8.63. The van der Waals surface area contributed by atoms with E-state index in [4.69, 9.17) is 11.0 Å². The first-order valence-electron chi connectivity index (χ1n) is 4.30. The number of alkyl halides is 3. The van der Waals surface area contributed by atoms with E-state index >= 15 is 0 Å². The van der Waals surface area contributed by atoms with E-state index in [0.717, 1.165) is 13.2 Å². The van der Waals surface area contributed by atoms with Crippen molar-refractivity contribution in [1.82, 2.24) is 0 Å². The van der Waals surface area contributed by atoms with Crippen molar-refractivity contribution in [2.24, 2.45) is 0 Å². The summed E-state index contributed by atoms with van der Waals surface area (Å²) in [7, 11) is 0.949. The molecule has 0 spiro atoms. The number of nitrogen functional groups attached to an aromatic ring is 1. The van der Waals surface area contributed by atoms with E-state index in [1.165, 1.54) is 0 Å². The highest BCUT2D eigenvalue weighted by Crippen LogP contribution is 2.34. The number of rotatable bonds is 1. The summed E-state index contributed by atoms with van der Waals surface area (Å²) in [5, 5.41) is 8.63. The largest absolute Gasteiger partial charge is 0.465 e. The maximum absolute atomic E-state index is 12.6. The van der Waals surface area contributed by atoms with E-state index in [-0.39, 0.29) is 11.3 Å². The van der Waals surface area contributed by atoms with Gasteiger partial charge in [0.15, 0.2) is 0 Å². The third kappa shape index (κ3) is 2.47. The highest BCUT2D eigenvalue weighted by Gasteiger charge is 2.36. The van der Waals surface area contributed by atoms with Crippen molar-refractivity contribution in [1.29, 1.82) is 5.26 Å². The fourth-order valence-corrected chi connectivity index (χ4v) is 1.23. The molecule has 1 aromatic carbocycles. The average Bonchev–Trinajstić information content (AvgIpc) is 2.26. The smallest absolute Gasteiger partial charge is 0.417 e. The molecule has 0 fully saturated rings. The molecule has 2 N–H and O–H groups in total. The first-order chi connectivity index (χ1) is 7.81. The van der Waals surface area contributed by atoms with E-state index in [2.05, 4.69) is 4.74 Å². The second-order valence-electron chi connectivity index (χ2n) is 3.09. The number of hydrogen-bond acceptors (Lipinski definition) is 4. The Balaban J connectivity index is 3.54. The van der Waals surface area contributed by atoms with Gasteiger partial charge in [0.2, 0.25) is 0 Å². The van der Waals surface area contributed by atoms with Gasteiger partial charge in [-0.3, -0.25) is 0 Å². The standard InChI is InChI=1S/C10H7F3N2O2/c1-17-9(16)6-2-5(4-14)8(15)3-7(6)10(11,12)13/h2-3H,15H2,1H3. The van der Waals surface area contributed by atoms with Gasteiger partial charge in [0.05, 0.1) is 29.5 Å². The molecule has 4 nitrogen and oxygen atoms in total. The Morgan fingerprint density at radius 1 is 1.47 bits per heavy atom. The van der Waals surface area contributed by atoms with Crippen LogP contribution in [0.1, 0.15) is 21.5 Å². The highest BCUT2D eigenvalue weighted by molar-refractivity contribution is 5.92. The molecule has 0 saturated heterocycles. The topological polar surface area (TPSA) is 76.1 Å². The monoisotopic (exact) mass is 244 g/mol. The lowest BCUT2D eigenvalue weighted by Crippen LogP contribution is -2.15. The summed E-state index contributed by atoms with van der Waals surface area (Å²) in [4.78, 5) is 11.2. The first-order valence-corrected chi connectivity index (χ1v) is 4.30. The molecule has 0 atom stereocenters. The molecule has 1 rings (SSSR count). The van der Waals surface area contributed by atoms with Gasteiger partial charge in [0.1, 0.15) is 6.07 Å². The van der Waals surface area contributed by atoms with E-state index in [0.29, 0.717) is 6.07 Å². The van der Waals surface area contributed by atoms with Crippen LogP contribution in [0.2, 0.25) is 0 Å². The molecule has 0 aliphatic heterocycles. The molecule has 0 saturated carbocycles. The normalized spacial score (nSPS) is 10.8. The maximum atomic E-state index is 12.6. The van der Waals surface area contributed by atoms with Gasteiger partial charge in [-0.15, -0.1) is 0 Å². The van der Waals surface area contributed by atoms with Gasteiger partial charge >= 0.3 is 12.1 Å². The number of nitriles is 1. The van der Waals surface area contributed by atoms with Crippen LogP contribution in [0, 0.1) is 11.3 Å². The summed E-state index contributed by atoms with van der Waals surface area (Å²) in [6, 6.07) is 2.91. The van der Waals surface area contributed by atoms with E-state index in [9.17, 15) is 18.0 Å². The number of methoxy groups -OCH3 is 1. The third-order valence-corrected chi connectivity index (χ3v) is 2.02. The number of nitrogens with zero attached hydrogens (tertiary/aromatic N) is 1. The molecular weight excluding hydrogens is 237 g/mol. The van der Waals surface area contributed by atoms with Crippen molar-refractivity contribution < 1.29 is 22.7 Å². The van der Waals surface area contributed by atoms with E-state index < -0.39 is 23.3 Å². The Morgan fingerprint density at radius 3 is 2.47 bits per heavy atom. The molecule has 0 aliphatic rings. The van der Waals surface area contributed by atoms with Gasteiger partial charge in [-0.05, 0) is 12.1 Å². The lowest BCUT2D eigenvalue weighted by Gasteiger charge is -2.12. The molecule has 0 bridgehead atoms. The highest BCUT2D eigenvalue weighted by atomic mass is 19.4. The summed E-state index contributed by atoms with van der Waals surface area (Å²) in [5.41, 5.74) is 2.76. The number of ether oxygens (including phenoxy) is 1. The Labute approximate surface area is 94.4 Å². The zero-order valence-corrected chi connectivity index (χ0v) is 8.63.